The van der Waals surface area contributed by atoms with Gasteiger partial charge in [0.25, 0.3) is 5.91 Å². The van der Waals surface area contributed by atoms with E-state index < -0.39 is 0 Å². The number of ether oxygens (including phenoxy) is 2. The average molecular weight is 350 g/mol. The standard InChI is InChI=1S/C17H20ClN3O3/c1-20-12(7-8-19-20)10-24-11-16(22)21-9-3-4-13-14(18)5-6-15(23-2)17(13)21/h5-8H,3-4,9-11H2,1-2H3. The maximum absolute atomic E-state index is 12.6. The minimum absolute atomic E-state index is 0.000285. The van der Waals surface area contributed by atoms with E-state index in [4.69, 9.17) is 21.1 Å². The second-order valence-electron chi connectivity index (χ2n) is 5.66. The van der Waals surface area contributed by atoms with Crippen LogP contribution in [0.5, 0.6) is 5.75 Å². The summed E-state index contributed by atoms with van der Waals surface area (Å²) >= 11 is 6.30. The molecular weight excluding hydrogens is 330 g/mol. The minimum atomic E-state index is -0.0984. The molecule has 1 aromatic heterocycles. The number of carbonyl (C=O) groups is 1. The molecule has 1 aliphatic heterocycles. The van der Waals surface area contributed by atoms with E-state index in [9.17, 15) is 4.79 Å². The van der Waals surface area contributed by atoms with Crippen LogP contribution in [0.2, 0.25) is 5.02 Å². The fourth-order valence-electron chi connectivity index (χ4n) is 2.93. The van der Waals surface area contributed by atoms with Crippen molar-refractivity contribution >= 4 is 23.2 Å². The summed E-state index contributed by atoms with van der Waals surface area (Å²) in [5.74, 6) is 0.563. The van der Waals surface area contributed by atoms with Crippen molar-refractivity contribution in [3.05, 3.63) is 40.7 Å². The van der Waals surface area contributed by atoms with Crippen molar-refractivity contribution in [3.8, 4) is 5.75 Å². The van der Waals surface area contributed by atoms with Crippen LogP contribution in [-0.4, -0.2) is 35.9 Å². The van der Waals surface area contributed by atoms with Crippen molar-refractivity contribution < 1.29 is 14.3 Å². The van der Waals surface area contributed by atoms with Crippen molar-refractivity contribution in [2.75, 3.05) is 25.2 Å². The first-order chi connectivity index (χ1) is 11.6. The molecule has 0 saturated heterocycles. The van der Waals surface area contributed by atoms with Gasteiger partial charge >= 0.3 is 0 Å². The van der Waals surface area contributed by atoms with Gasteiger partial charge in [-0.25, -0.2) is 0 Å². The summed E-state index contributed by atoms with van der Waals surface area (Å²) < 4.78 is 12.7. The highest BCUT2D eigenvalue weighted by molar-refractivity contribution is 6.32. The molecular formula is C17H20ClN3O3. The first-order valence-corrected chi connectivity index (χ1v) is 8.20. The number of halogens is 1. The summed E-state index contributed by atoms with van der Waals surface area (Å²) in [7, 11) is 3.44. The maximum Gasteiger partial charge on any atom is 0.253 e. The van der Waals surface area contributed by atoms with Crippen LogP contribution in [-0.2, 0) is 29.6 Å². The number of amides is 1. The zero-order valence-electron chi connectivity index (χ0n) is 13.8. The van der Waals surface area contributed by atoms with Gasteiger partial charge < -0.3 is 14.4 Å². The summed E-state index contributed by atoms with van der Waals surface area (Å²) in [5, 5.41) is 4.74. The summed E-state index contributed by atoms with van der Waals surface area (Å²) in [6, 6.07) is 5.47. The fourth-order valence-corrected chi connectivity index (χ4v) is 3.17. The van der Waals surface area contributed by atoms with Gasteiger partial charge in [-0.05, 0) is 36.6 Å². The molecule has 6 nitrogen and oxygen atoms in total. The molecule has 24 heavy (non-hydrogen) atoms. The highest BCUT2D eigenvalue weighted by Crippen LogP contribution is 2.40. The third-order valence-corrected chi connectivity index (χ3v) is 4.54. The van der Waals surface area contributed by atoms with Gasteiger partial charge in [-0.1, -0.05) is 11.6 Å². The van der Waals surface area contributed by atoms with Crippen molar-refractivity contribution in [1.29, 1.82) is 0 Å². The molecule has 3 rings (SSSR count). The van der Waals surface area contributed by atoms with E-state index in [1.165, 1.54) is 0 Å². The number of rotatable bonds is 5. The van der Waals surface area contributed by atoms with E-state index in [1.807, 2.05) is 19.2 Å². The largest absolute Gasteiger partial charge is 0.495 e. The molecule has 7 heteroatoms. The lowest BCUT2D eigenvalue weighted by Gasteiger charge is -2.31. The molecule has 1 aromatic carbocycles. The van der Waals surface area contributed by atoms with Gasteiger partial charge in [-0.3, -0.25) is 9.48 Å². The molecule has 0 aliphatic carbocycles. The molecule has 2 heterocycles. The van der Waals surface area contributed by atoms with E-state index in [0.717, 1.165) is 29.8 Å². The van der Waals surface area contributed by atoms with Crippen molar-refractivity contribution in [2.45, 2.75) is 19.4 Å². The quantitative estimate of drug-likeness (QED) is 0.832. The first-order valence-electron chi connectivity index (χ1n) is 7.82. The molecule has 0 fully saturated rings. The number of aromatic nitrogens is 2. The van der Waals surface area contributed by atoms with E-state index >= 15 is 0 Å². The molecule has 0 saturated carbocycles. The van der Waals surface area contributed by atoms with Gasteiger partial charge in [-0.2, -0.15) is 5.10 Å². The topological polar surface area (TPSA) is 56.6 Å². The zero-order valence-corrected chi connectivity index (χ0v) is 14.5. The maximum atomic E-state index is 12.6. The van der Waals surface area contributed by atoms with Crippen molar-refractivity contribution in [1.82, 2.24) is 9.78 Å². The normalized spacial score (nSPS) is 13.7. The molecule has 2 aromatic rings. The number of hydrogen-bond donors (Lipinski definition) is 0. The summed E-state index contributed by atoms with van der Waals surface area (Å²) in [4.78, 5) is 14.3. The van der Waals surface area contributed by atoms with E-state index in [-0.39, 0.29) is 12.5 Å². The van der Waals surface area contributed by atoms with Crippen LogP contribution < -0.4 is 9.64 Å². The Labute approximate surface area is 145 Å². The number of aryl methyl sites for hydroxylation is 1. The molecule has 0 bridgehead atoms. The number of nitrogens with zero attached hydrogens (tertiary/aromatic N) is 3. The smallest absolute Gasteiger partial charge is 0.253 e. The summed E-state index contributed by atoms with van der Waals surface area (Å²) in [6.45, 7) is 0.980. The Balaban J connectivity index is 1.73. The van der Waals surface area contributed by atoms with Crippen LogP contribution in [0.1, 0.15) is 17.7 Å². The number of fused-ring (bicyclic) bond motifs is 1. The second kappa shape index (κ2) is 7.23. The Bertz CT molecular complexity index is 745. The lowest BCUT2D eigenvalue weighted by molar-refractivity contribution is -0.123. The van der Waals surface area contributed by atoms with Crippen LogP contribution in [0.15, 0.2) is 24.4 Å². The third kappa shape index (κ3) is 3.25. The predicted octanol–water partition coefficient (Wildman–Crippen LogP) is 2.58. The highest BCUT2D eigenvalue weighted by atomic mass is 35.5. The minimum Gasteiger partial charge on any atom is -0.495 e. The van der Waals surface area contributed by atoms with Crippen molar-refractivity contribution in [2.24, 2.45) is 7.05 Å². The number of carbonyl (C=O) groups excluding carboxylic acids is 1. The first kappa shape index (κ1) is 16.8. The number of benzene rings is 1. The monoisotopic (exact) mass is 349 g/mol. The van der Waals surface area contributed by atoms with Gasteiger partial charge in [0.05, 0.1) is 25.1 Å². The Morgan fingerprint density at radius 2 is 2.21 bits per heavy atom. The zero-order chi connectivity index (χ0) is 17.1. The third-order valence-electron chi connectivity index (χ3n) is 4.19. The van der Waals surface area contributed by atoms with Gasteiger partial charge in [0.1, 0.15) is 12.4 Å². The van der Waals surface area contributed by atoms with E-state index in [1.54, 1.807) is 29.0 Å². The van der Waals surface area contributed by atoms with Gasteiger partial charge in [0.15, 0.2) is 0 Å². The van der Waals surface area contributed by atoms with Crippen molar-refractivity contribution in [3.63, 3.8) is 0 Å². The van der Waals surface area contributed by atoms with Gasteiger partial charge in [0, 0.05) is 24.8 Å². The Morgan fingerprint density at radius 3 is 2.92 bits per heavy atom. The number of hydrogen-bond acceptors (Lipinski definition) is 4. The highest BCUT2D eigenvalue weighted by Gasteiger charge is 2.27. The average Bonchev–Trinajstić information content (AvgIpc) is 3.00. The molecule has 1 amide bonds. The fraction of sp³-hybridized carbons (Fsp3) is 0.412. The van der Waals surface area contributed by atoms with Crippen LogP contribution in [0.3, 0.4) is 0 Å². The SMILES string of the molecule is COc1ccc(Cl)c2c1N(C(=O)COCc1ccnn1C)CCC2. The molecule has 0 radical (unpaired) electrons. The molecule has 0 N–H and O–H groups in total. The summed E-state index contributed by atoms with van der Waals surface area (Å²) in [6.07, 6.45) is 3.41. The Hall–Kier alpha value is -2.05. The van der Waals surface area contributed by atoms with Crippen LogP contribution in [0.4, 0.5) is 5.69 Å². The van der Waals surface area contributed by atoms with Crippen LogP contribution in [0.25, 0.3) is 0 Å². The predicted molar refractivity (Wildman–Crippen MR) is 91.5 cm³/mol. The van der Waals surface area contributed by atoms with Crippen LogP contribution >= 0.6 is 11.6 Å². The lowest BCUT2D eigenvalue weighted by Crippen LogP contribution is -2.38. The van der Waals surface area contributed by atoms with Gasteiger partial charge in [0.2, 0.25) is 0 Å². The second-order valence-corrected chi connectivity index (χ2v) is 6.07. The summed E-state index contributed by atoms with van der Waals surface area (Å²) in [5.41, 5.74) is 2.65. The van der Waals surface area contributed by atoms with E-state index in [2.05, 4.69) is 5.10 Å². The molecule has 0 atom stereocenters. The van der Waals surface area contributed by atoms with Crippen LogP contribution in [0, 0.1) is 0 Å². The number of methoxy groups -OCH3 is 1. The number of anilines is 1. The Kier molecular flexibility index (Phi) is 5.06. The molecule has 1 aliphatic rings. The van der Waals surface area contributed by atoms with E-state index in [0.29, 0.717) is 23.9 Å². The molecule has 128 valence electrons. The molecule has 0 unspecified atom stereocenters. The Morgan fingerprint density at radius 1 is 1.38 bits per heavy atom. The van der Waals surface area contributed by atoms with Gasteiger partial charge in [-0.15, -0.1) is 0 Å². The molecule has 0 spiro atoms. The lowest BCUT2D eigenvalue weighted by atomic mass is 10.0.